The van der Waals surface area contributed by atoms with Crippen LogP contribution in [-0.2, 0) is 27.1 Å². The van der Waals surface area contributed by atoms with Crippen LogP contribution in [0.5, 0.6) is 0 Å². The summed E-state index contributed by atoms with van der Waals surface area (Å²) in [5.74, 6) is -0.819. The van der Waals surface area contributed by atoms with Crippen molar-refractivity contribution in [1.29, 1.82) is 10.5 Å². The molecule has 4 rings (SSSR count). The third-order valence-electron chi connectivity index (χ3n) is 6.42. The second-order valence-electron chi connectivity index (χ2n) is 8.66. The number of nitrogens with zero attached hydrogens (tertiary/aromatic N) is 3. The quantitative estimate of drug-likeness (QED) is 0.285. The van der Waals surface area contributed by atoms with Crippen molar-refractivity contribution in [1.82, 2.24) is 4.98 Å². The summed E-state index contributed by atoms with van der Waals surface area (Å²) in [6.45, 7) is 1.90. The van der Waals surface area contributed by atoms with Gasteiger partial charge in [0, 0.05) is 10.6 Å². The summed E-state index contributed by atoms with van der Waals surface area (Å²) in [7, 11) is 0. The van der Waals surface area contributed by atoms with Crippen molar-refractivity contribution in [2.75, 3.05) is 18.6 Å². The number of fused-ring (bicyclic) bond motifs is 1. The van der Waals surface area contributed by atoms with E-state index in [9.17, 15) is 15.3 Å². The van der Waals surface area contributed by atoms with Crippen LogP contribution in [0.15, 0.2) is 63.0 Å². The lowest BCUT2D eigenvalue weighted by atomic mass is 9.83. The number of benzene rings is 1. The Bertz CT molecular complexity index is 1340. The van der Waals surface area contributed by atoms with E-state index in [0.29, 0.717) is 16.3 Å². The smallest absolute Gasteiger partial charge is 0.338 e. The van der Waals surface area contributed by atoms with Gasteiger partial charge in [-0.1, -0.05) is 30.3 Å². The maximum Gasteiger partial charge on any atom is 0.338 e. The van der Waals surface area contributed by atoms with Gasteiger partial charge in [-0.05, 0) is 68.2 Å². The highest BCUT2D eigenvalue weighted by Crippen LogP contribution is 2.41. The average molecular weight is 533 g/mol. The highest BCUT2D eigenvalue weighted by atomic mass is 32.2. The number of thioether (sulfide) groups is 2. The third-order valence-corrected chi connectivity index (χ3v) is 8.15. The van der Waals surface area contributed by atoms with Crippen LogP contribution in [0, 0.1) is 22.7 Å². The summed E-state index contributed by atoms with van der Waals surface area (Å²) in [5, 5.41) is 20.3. The Hall–Kier alpha value is -3.40. The van der Waals surface area contributed by atoms with Crippen LogP contribution < -0.4 is 5.73 Å². The Morgan fingerprint density at radius 2 is 1.95 bits per heavy atom. The summed E-state index contributed by atoms with van der Waals surface area (Å²) >= 11 is 2.92. The molecule has 37 heavy (non-hydrogen) atoms. The fourth-order valence-electron chi connectivity index (χ4n) is 4.60. The Morgan fingerprint density at radius 3 is 2.62 bits per heavy atom. The molecule has 1 aromatic heterocycles. The van der Waals surface area contributed by atoms with Crippen molar-refractivity contribution < 1.29 is 14.3 Å². The molecule has 0 amide bonds. The predicted molar refractivity (Wildman–Crippen MR) is 143 cm³/mol. The molecule has 2 aromatic rings. The Kier molecular flexibility index (Phi) is 8.81. The molecule has 1 aromatic carbocycles. The second kappa shape index (κ2) is 12.2. The fourth-order valence-corrected chi connectivity index (χ4v) is 5.93. The first-order valence-electron chi connectivity index (χ1n) is 12.2. The van der Waals surface area contributed by atoms with Gasteiger partial charge < -0.3 is 15.2 Å². The van der Waals surface area contributed by atoms with Gasteiger partial charge in [0.1, 0.15) is 28.5 Å². The van der Waals surface area contributed by atoms with Crippen molar-refractivity contribution in [3.63, 3.8) is 0 Å². The molecule has 0 fully saturated rings. The number of nitriles is 2. The molecule has 1 atom stereocenters. The molecule has 2 N–H and O–H groups in total. The number of aryl methyl sites for hydroxylation is 2. The van der Waals surface area contributed by atoms with E-state index in [4.69, 9.17) is 20.2 Å². The largest absolute Gasteiger partial charge is 0.463 e. The third kappa shape index (κ3) is 5.79. The standard InChI is InChI=1S/C28H28N4O3S2/c1-3-34-28(33)25-23(16-37-27-19(14-29)13-18-7-5-4-6-8-22(18)32-27)35-26(31)21(15-30)24(25)17-9-11-20(36-2)12-10-17/h9-13,24H,3-8,16,31H2,1-2H3/t24-/m0/s1. The zero-order valence-electron chi connectivity index (χ0n) is 20.9. The number of pyridine rings is 1. The highest BCUT2D eigenvalue weighted by Gasteiger charge is 2.37. The molecule has 0 unspecified atom stereocenters. The molecule has 190 valence electrons. The van der Waals surface area contributed by atoms with E-state index in [1.807, 2.05) is 36.6 Å². The van der Waals surface area contributed by atoms with E-state index in [0.717, 1.165) is 53.8 Å². The van der Waals surface area contributed by atoms with Crippen LogP contribution >= 0.6 is 23.5 Å². The van der Waals surface area contributed by atoms with Gasteiger partial charge in [0.15, 0.2) is 0 Å². The van der Waals surface area contributed by atoms with E-state index < -0.39 is 11.9 Å². The first-order valence-corrected chi connectivity index (χ1v) is 14.4. The minimum absolute atomic E-state index is 0.0412. The van der Waals surface area contributed by atoms with E-state index in [-0.39, 0.29) is 29.4 Å². The van der Waals surface area contributed by atoms with Gasteiger partial charge in [-0.15, -0.1) is 11.8 Å². The predicted octanol–water partition coefficient (Wildman–Crippen LogP) is 5.36. The molecule has 0 radical (unpaired) electrons. The number of allylic oxidation sites excluding steroid dienone is 1. The lowest BCUT2D eigenvalue weighted by Crippen LogP contribution is -2.27. The summed E-state index contributed by atoms with van der Waals surface area (Å²) < 4.78 is 11.3. The molecular weight excluding hydrogens is 504 g/mol. The van der Waals surface area contributed by atoms with Crippen molar-refractivity contribution in [3.8, 4) is 12.1 Å². The van der Waals surface area contributed by atoms with Crippen molar-refractivity contribution in [2.24, 2.45) is 5.73 Å². The monoisotopic (exact) mass is 532 g/mol. The van der Waals surface area contributed by atoms with Gasteiger partial charge in [0.2, 0.25) is 5.88 Å². The van der Waals surface area contributed by atoms with Gasteiger partial charge >= 0.3 is 5.97 Å². The molecule has 1 aliphatic heterocycles. The first-order chi connectivity index (χ1) is 18.0. The van der Waals surface area contributed by atoms with Crippen LogP contribution in [0.1, 0.15) is 54.5 Å². The number of hydrogen-bond acceptors (Lipinski definition) is 9. The topological polar surface area (TPSA) is 122 Å². The molecule has 0 saturated heterocycles. The second-order valence-corrected chi connectivity index (χ2v) is 10.5. The molecule has 2 heterocycles. The molecule has 7 nitrogen and oxygen atoms in total. The fraction of sp³-hybridized carbons (Fsp3) is 0.357. The average Bonchev–Trinajstić information content (AvgIpc) is 3.15. The zero-order valence-corrected chi connectivity index (χ0v) is 22.5. The number of carbonyl (C=O) groups is 1. The zero-order chi connectivity index (χ0) is 26.4. The molecule has 9 heteroatoms. The number of nitrogens with two attached hydrogens (primary N) is 1. The van der Waals surface area contributed by atoms with E-state index in [1.54, 1.807) is 18.7 Å². The van der Waals surface area contributed by atoms with Crippen LogP contribution in [0.2, 0.25) is 0 Å². The van der Waals surface area contributed by atoms with Crippen molar-refractivity contribution in [3.05, 3.63) is 75.5 Å². The Morgan fingerprint density at radius 1 is 1.19 bits per heavy atom. The van der Waals surface area contributed by atoms with Gasteiger partial charge in [-0.3, -0.25) is 0 Å². The lowest BCUT2D eigenvalue weighted by Gasteiger charge is -2.28. The number of aromatic nitrogens is 1. The van der Waals surface area contributed by atoms with E-state index in [1.165, 1.54) is 11.8 Å². The van der Waals surface area contributed by atoms with Crippen LogP contribution in [-0.4, -0.2) is 29.6 Å². The first kappa shape index (κ1) is 26.7. The Balaban J connectivity index is 1.75. The number of carbonyl (C=O) groups excluding carboxylic acids is 1. The Labute approximate surface area is 225 Å². The summed E-state index contributed by atoms with van der Waals surface area (Å²) in [4.78, 5) is 19.1. The van der Waals surface area contributed by atoms with Gasteiger partial charge in [-0.2, -0.15) is 10.5 Å². The molecule has 0 bridgehead atoms. The summed E-state index contributed by atoms with van der Waals surface area (Å²) in [5.41, 5.74) is 10.0. The molecule has 0 spiro atoms. The maximum absolute atomic E-state index is 13.2. The van der Waals surface area contributed by atoms with Crippen LogP contribution in [0.3, 0.4) is 0 Å². The highest BCUT2D eigenvalue weighted by molar-refractivity contribution is 7.99. The van der Waals surface area contributed by atoms with Crippen LogP contribution in [0.4, 0.5) is 0 Å². The van der Waals surface area contributed by atoms with Crippen LogP contribution in [0.25, 0.3) is 0 Å². The number of ether oxygens (including phenoxy) is 2. The normalized spacial score (nSPS) is 17.2. The maximum atomic E-state index is 13.2. The number of hydrogen-bond donors (Lipinski definition) is 1. The SMILES string of the molecule is CCOC(=O)C1=C(CSc2nc3c(cc2C#N)CCCCC3)OC(N)=C(C#N)[C@@H]1c1ccc(SC)cc1. The van der Waals surface area contributed by atoms with Crippen molar-refractivity contribution in [2.45, 2.75) is 54.9 Å². The van der Waals surface area contributed by atoms with E-state index in [2.05, 4.69) is 12.1 Å². The molecule has 2 aliphatic rings. The molecular formula is C28H28N4O3S2. The number of rotatable bonds is 7. The number of esters is 1. The van der Waals surface area contributed by atoms with Crippen molar-refractivity contribution >= 4 is 29.5 Å². The minimum Gasteiger partial charge on any atom is -0.463 e. The van der Waals surface area contributed by atoms with Gasteiger partial charge in [0.05, 0.1) is 29.4 Å². The van der Waals surface area contributed by atoms with Gasteiger partial charge in [0.25, 0.3) is 0 Å². The summed E-state index contributed by atoms with van der Waals surface area (Å²) in [6, 6.07) is 14.0. The molecule has 0 saturated carbocycles. The van der Waals surface area contributed by atoms with E-state index >= 15 is 0 Å². The summed E-state index contributed by atoms with van der Waals surface area (Å²) in [6.07, 6.45) is 7.12. The minimum atomic E-state index is -0.722. The lowest BCUT2D eigenvalue weighted by molar-refractivity contribution is -0.139. The van der Waals surface area contributed by atoms with Gasteiger partial charge in [-0.25, -0.2) is 9.78 Å². The molecule has 1 aliphatic carbocycles.